The van der Waals surface area contributed by atoms with E-state index in [9.17, 15) is 19.2 Å². The summed E-state index contributed by atoms with van der Waals surface area (Å²) >= 11 is 0. The maximum Gasteiger partial charge on any atom is 0.326 e. The number of methoxy groups -OCH3 is 1. The zero-order valence-electron chi connectivity index (χ0n) is 16.3. The summed E-state index contributed by atoms with van der Waals surface area (Å²) in [5.74, 6) is -3.33. The fourth-order valence-electron chi connectivity index (χ4n) is 1.66. The summed E-state index contributed by atoms with van der Waals surface area (Å²) in [6, 6.07) is -1.62. The SMILES string of the molecule is CC(C)[C@H](N)C(=O)O.COC(=O)CCC(C)C(=O)N[C@H](C(=O)O)C(C)C. The lowest BCUT2D eigenvalue weighted by Crippen LogP contribution is -2.46. The number of ether oxygens (including phenoxy) is 1. The van der Waals surface area contributed by atoms with Crippen LogP contribution < -0.4 is 11.1 Å². The van der Waals surface area contributed by atoms with Crippen molar-refractivity contribution in [2.24, 2.45) is 23.5 Å². The molecule has 1 amide bonds. The van der Waals surface area contributed by atoms with Crippen LogP contribution in [0, 0.1) is 17.8 Å². The standard InChI is InChI=1S/C12H21NO5.C5H11NO2/c1-7(2)10(12(16)17)13-11(15)8(3)5-6-9(14)18-4;1-3(2)4(6)5(7)8/h7-8,10H,5-6H2,1-4H3,(H,13,15)(H,16,17);3-4H,6H2,1-2H3,(H,7,8)/t8?,10-;4-/m00/s1. The predicted octanol–water partition coefficient (Wildman–Crippen LogP) is 0.855. The first-order valence-electron chi connectivity index (χ1n) is 8.43. The average molecular weight is 376 g/mol. The van der Waals surface area contributed by atoms with Crippen molar-refractivity contribution in [2.45, 2.75) is 59.5 Å². The fourth-order valence-corrected chi connectivity index (χ4v) is 1.66. The zero-order valence-corrected chi connectivity index (χ0v) is 16.3. The highest BCUT2D eigenvalue weighted by Gasteiger charge is 2.25. The van der Waals surface area contributed by atoms with Crippen molar-refractivity contribution in [3.05, 3.63) is 0 Å². The highest BCUT2D eigenvalue weighted by molar-refractivity contribution is 5.85. The Kier molecular flexibility index (Phi) is 13.1. The lowest BCUT2D eigenvalue weighted by Gasteiger charge is -2.20. The van der Waals surface area contributed by atoms with E-state index >= 15 is 0 Å². The predicted molar refractivity (Wildman–Crippen MR) is 95.3 cm³/mol. The largest absolute Gasteiger partial charge is 0.480 e. The molecule has 0 aromatic rings. The number of nitrogens with one attached hydrogen (secondary N) is 1. The van der Waals surface area contributed by atoms with Crippen LogP contribution in [0.1, 0.15) is 47.5 Å². The van der Waals surface area contributed by atoms with Gasteiger partial charge in [0.2, 0.25) is 5.91 Å². The summed E-state index contributed by atoms with van der Waals surface area (Å²) in [7, 11) is 1.28. The Morgan fingerprint density at radius 2 is 1.46 bits per heavy atom. The van der Waals surface area contributed by atoms with E-state index in [0.717, 1.165) is 0 Å². The van der Waals surface area contributed by atoms with Crippen LogP contribution in [0.15, 0.2) is 0 Å². The molecule has 0 heterocycles. The number of aliphatic carboxylic acids is 2. The Labute approximate surface area is 154 Å². The van der Waals surface area contributed by atoms with Gasteiger partial charge in [-0.05, 0) is 18.3 Å². The van der Waals surface area contributed by atoms with Gasteiger partial charge in [0.25, 0.3) is 0 Å². The van der Waals surface area contributed by atoms with Crippen molar-refractivity contribution in [2.75, 3.05) is 7.11 Å². The molecule has 0 aromatic heterocycles. The summed E-state index contributed by atoms with van der Waals surface area (Å²) in [6.45, 7) is 8.64. The van der Waals surface area contributed by atoms with Crippen molar-refractivity contribution < 1.29 is 34.1 Å². The van der Waals surface area contributed by atoms with Gasteiger partial charge in [-0.3, -0.25) is 14.4 Å². The Hall–Kier alpha value is -2.16. The number of carboxylic acids is 2. The molecule has 0 radical (unpaired) electrons. The van der Waals surface area contributed by atoms with Gasteiger partial charge in [0.05, 0.1) is 7.11 Å². The van der Waals surface area contributed by atoms with Crippen LogP contribution in [0.5, 0.6) is 0 Å². The molecule has 0 aromatic carbocycles. The Morgan fingerprint density at radius 3 is 1.73 bits per heavy atom. The van der Waals surface area contributed by atoms with Crippen LogP contribution in [0.4, 0.5) is 0 Å². The maximum absolute atomic E-state index is 11.7. The molecule has 3 atom stereocenters. The number of hydrogen-bond donors (Lipinski definition) is 4. The normalized spacial score (nSPS) is 13.9. The summed E-state index contributed by atoms with van der Waals surface area (Å²) in [6.07, 6.45) is 0.480. The minimum Gasteiger partial charge on any atom is -0.480 e. The monoisotopic (exact) mass is 376 g/mol. The minimum atomic E-state index is -1.06. The summed E-state index contributed by atoms with van der Waals surface area (Å²) in [4.78, 5) is 43.6. The molecular formula is C17H32N2O7. The van der Waals surface area contributed by atoms with E-state index in [2.05, 4.69) is 10.1 Å². The Bertz CT molecular complexity index is 478. The summed E-state index contributed by atoms with van der Waals surface area (Å²) in [5.41, 5.74) is 5.16. The molecule has 26 heavy (non-hydrogen) atoms. The molecule has 0 aliphatic carbocycles. The van der Waals surface area contributed by atoms with Gasteiger partial charge in [0.1, 0.15) is 12.1 Å². The van der Waals surface area contributed by atoms with Gasteiger partial charge in [-0.1, -0.05) is 34.6 Å². The van der Waals surface area contributed by atoms with E-state index in [0.29, 0.717) is 6.42 Å². The molecule has 9 nitrogen and oxygen atoms in total. The van der Waals surface area contributed by atoms with Gasteiger partial charge >= 0.3 is 17.9 Å². The molecule has 152 valence electrons. The Morgan fingerprint density at radius 1 is 0.962 bits per heavy atom. The van der Waals surface area contributed by atoms with Crippen molar-refractivity contribution >= 4 is 23.8 Å². The van der Waals surface area contributed by atoms with E-state index in [1.54, 1.807) is 34.6 Å². The third-order valence-electron chi connectivity index (χ3n) is 3.69. The summed E-state index contributed by atoms with van der Waals surface area (Å²) < 4.78 is 4.47. The number of rotatable bonds is 9. The van der Waals surface area contributed by atoms with Crippen LogP contribution >= 0.6 is 0 Å². The van der Waals surface area contributed by atoms with E-state index in [1.165, 1.54) is 7.11 Å². The molecule has 0 aliphatic rings. The molecule has 5 N–H and O–H groups in total. The van der Waals surface area contributed by atoms with Crippen molar-refractivity contribution in [1.29, 1.82) is 0 Å². The highest BCUT2D eigenvalue weighted by atomic mass is 16.5. The smallest absolute Gasteiger partial charge is 0.326 e. The maximum atomic E-state index is 11.7. The third-order valence-corrected chi connectivity index (χ3v) is 3.69. The first-order valence-corrected chi connectivity index (χ1v) is 8.43. The van der Waals surface area contributed by atoms with E-state index in [1.807, 2.05) is 0 Å². The molecule has 0 rings (SSSR count). The summed E-state index contributed by atoms with van der Waals surface area (Å²) in [5, 5.41) is 19.6. The van der Waals surface area contributed by atoms with Crippen molar-refractivity contribution in [3.8, 4) is 0 Å². The fraction of sp³-hybridized carbons (Fsp3) is 0.765. The number of carbonyl (C=O) groups is 4. The van der Waals surface area contributed by atoms with Gasteiger partial charge in [0.15, 0.2) is 0 Å². The van der Waals surface area contributed by atoms with Crippen molar-refractivity contribution in [3.63, 3.8) is 0 Å². The highest BCUT2D eigenvalue weighted by Crippen LogP contribution is 2.09. The molecule has 1 unspecified atom stereocenters. The zero-order chi connectivity index (χ0) is 21.0. The van der Waals surface area contributed by atoms with E-state index in [4.69, 9.17) is 15.9 Å². The minimum absolute atomic E-state index is 0.0208. The van der Waals surface area contributed by atoms with Gasteiger partial charge in [0, 0.05) is 12.3 Å². The molecular weight excluding hydrogens is 344 g/mol. The second-order valence-electron chi connectivity index (χ2n) is 6.69. The number of amides is 1. The van der Waals surface area contributed by atoms with Gasteiger partial charge in [-0.15, -0.1) is 0 Å². The first-order chi connectivity index (χ1) is 11.8. The molecule has 0 bridgehead atoms. The molecule has 0 saturated heterocycles. The molecule has 0 fully saturated rings. The van der Waals surface area contributed by atoms with Gasteiger partial charge in [-0.2, -0.15) is 0 Å². The second-order valence-corrected chi connectivity index (χ2v) is 6.69. The second kappa shape index (κ2) is 13.1. The molecule has 0 saturated carbocycles. The lowest BCUT2D eigenvalue weighted by molar-refractivity contribution is -0.144. The number of carbonyl (C=O) groups excluding carboxylic acids is 2. The van der Waals surface area contributed by atoms with Crippen molar-refractivity contribution in [1.82, 2.24) is 5.32 Å². The van der Waals surface area contributed by atoms with Crippen LogP contribution in [0.3, 0.4) is 0 Å². The number of nitrogens with two attached hydrogens (primary N) is 1. The van der Waals surface area contributed by atoms with Gasteiger partial charge in [-0.25, -0.2) is 4.79 Å². The lowest BCUT2D eigenvalue weighted by atomic mass is 10.0. The van der Waals surface area contributed by atoms with E-state index < -0.39 is 29.9 Å². The third kappa shape index (κ3) is 11.4. The van der Waals surface area contributed by atoms with Crippen LogP contribution in [0.2, 0.25) is 0 Å². The molecule has 9 heteroatoms. The average Bonchev–Trinajstić information content (AvgIpc) is 2.55. The Balaban J connectivity index is 0. The topological polar surface area (TPSA) is 156 Å². The van der Waals surface area contributed by atoms with Crippen LogP contribution in [-0.2, 0) is 23.9 Å². The van der Waals surface area contributed by atoms with Crippen LogP contribution in [-0.4, -0.2) is 53.2 Å². The number of esters is 1. The van der Waals surface area contributed by atoms with E-state index in [-0.39, 0.29) is 30.1 Å². The molecule has 0 aliphatic heterocycles. The number of carboxylic acid groups (broad SMARTS) is 2. The molecule has 0 spiro atoms. The van der Waals surface area contributed by atoms with Gasteiger partial charge < -0.3 is 26.0 Å². The van der Waals surface area contributed by atoms with Crippen LogP contribution in [0.25, 0.3) is 0 Å². The quantitative estimate of drug-likeness (QED) is 0.432. The first kappa shape index (κ1) is 26.1. The number of hydrogen-bond acceptors (Lipinski definition) is 6.